The number of amides is 1. The van der Waals surface area contributed by atoms with E-state index < -0.39 is 0 Å². The van der Waals surface area contributed by atoms with Gasteiger partial charge in [-0.05, 0) is 23.8 Å². The molecule has 0 aliphatic carbocycles. The minimum absolute atomic E-state index is 0.0461. The number of nitrogens with one attached hydrogen (secondary N) is 1. The summed E-state index contributed by atoms with van der Waals surface area (Å²) in [5.74, 6) is 1.36. The molecule has 0 atom stereocenters. The summed E-state index contributed by atoms with van der Waals surface area (Å²) in [5, 5.41) is 2.86. The molecule has 6 heteroatoms. The number of hydrogen-bond donors (Lipinski definition) is 1. The van der Waals surface area contributed by atoms with E-state index in [4.69, 9.17) is 4.74 Å². The lowest BCUT2D eigenvalue weighted by Gasteiger charge is -2.11. The summed E-state index contributed by atoms with van der Waals surface area (Å²) in [5.41, 5.74) is 1.72. The molecule has 1 aromatic carbocycles. The van der Waals surface area contributed by atoms with Crippen LogP contribution in [0.3, 0.4) is 0 Å². The summed E-state index contributed by atoms with van der Waals surface area (Å²) >= 11 is 0. The van der Waals surface area contributed by atoms with Gasteiger partial charge in [0.05, 0.1) is 25.8 Å². The second kappa shape index (κ2) is 7.40. The molecule has 1 amide bonds. The molecule has 1 N–H and O–H groups in total. The average molecular weight is 300 g/mol. The Morgan fingerprint density at radius 1 is 1.23 bits per heavy atom. The first-order valence-electron chi connectivity index (χ1n) is 6.97. The van der Waals surface area contributed by atoms with Crippen LogP contribution in [0, 0.1) is 0 Å². The van der Waals surface area contributed by atoms with Crippen LogP contribution in [0.25, 0.3) is 0 Å². The van der Waals surface area contributed by atoms with Crippen molar-refractivity contribution in [2.45, 2.75) is 13.0 Å². The van der Waals surface area contributed by atoms with E-state index in [2.05, 4.69) is 15.3 Å². The molecule has 22 heavy (non-hydrogen) atoms. The zero-order valence-corrected chi connectivity index (χ0v) is 13.0. The van der Waals surface area contributed by atoms with Crippen LogP contribution < -0.4 is 15.0 Å². The Morgan fingerprint density at radius 3 is 2.59 bits per heavy atom. The summed E-state index contributed by atoms with van der Waals surface area (Å²) in [6.45, 7) is 0.387. The smallest absolute Gasteiger partial charge is 0.225 e. The molecule has 1 heterocycles. The summed E-state index contributed by atoms with van der Waals surface area (Å²) in [4.78, 5) is 22.3. The van der Waals surface area contributed by atoms with E-state index in [1.54, 1.807) is 19.4 Å². The minimum Gasteiger partial charge on any atom is -0.497 e. The Bertz CT molecular complexity index is 626. The normalized spacial score (nSPS) is 10.1. The lowest BCUT2D eigenvalue weighted by Crippen LogP contribution is -2.25. The first-order chi connectivity index (χ1) is 10.6. The lowest BCUT2D eigenvalue weighted by atomic mass is 10.1. The number of carbonyl (C=O) groups excluding carboxylic acids is 1. The van der Waals surface area contributed by atoms with Crippen molar-refractivity contribution in [2.24, 2.45) is 0 Å². The van der Waals surface area contributed by atoms with Crippen molar-refractivity contribution < 1.29 is 9.53 Å². The molecule has 0 bridgehead atoms. The predicted octanol–water partition coefficient (Wildman–Crippen LogP) is 1.41. The maximum atomic E-state index is 12.0. The summed E-state index contributed by atoms with van der Waals surface area (Å²) in [7, 11) is 5.37. The Labute approximate surface area is 130 Å². The molecular weight excluding hydrogens is 280 g/mol. The van der Waals surface area contributed by atoms with Crippen molar-refractivity contribution in [1.29, 1.82) is 0 Å². The quantitative estimate of drug-likeness (QED) is 0.873. The van der Waals surface area contributed by atoms with Crippen LogP contribution in [0.15, 0.2) is 36.5 Å². The SMILES string of the molecule is COc1ccc(CC(=O)NCc2ccnc(N(C)C)n2)cc1. The molecule has 0 saturated carbocycles. The molecule has 6 nitrogen and oxygen atoms in total. The van der Waals surface area contributed by atoms with Crippen LogP contribution in [0.2, 0.25) is 0 Å². The van der Waals surface area contributed by atoms with Gasteiger partial charge in [-0.2, -0.15) is 0 Å². The van der Waals surface area contributed by atoms with Crippen molar-refractivity contribution >= 4 is 11.9 Å². The van der Waals surface area contributed by atoms with E-state index in [1.165, 1.54) is 0 Å². The third kappa shape index (κ3) is 4.44. The van der Waals surface area contributed by atoms with Gasteiger partial charge in [-0.15, -0.1) is 0 Å². The number of nitrogens with zero attached hydrogens (tertiary/aromatic N) is 3. The number of anilines is 1. The molecule has 0 radical (unpaired) electrons. The largest absolute Gasteiger partial charge is 0.497 e. The van der Waals surface area contributed by atoms with E-state index in [0.717, 1.165) is 17.0 Å². The third-order valence-electron chi connectivity index (χ3n) is 3.09. The molecule has 116 valence electrons. The predicted molar refractivity (Wildman–Crippen MR) is 84.9 cm³/mol. The molecule has 0 aliphatic heterocycles. The molecule has 0 saturated heterocycles. The first-order valence-corrected chi connectivity index (χ1v) is 6.97. The fourth-order valence-electron chi connectivity index (χ4n) is 1.88. The third-order valence-corrected chi connectivity index (χ3v) is 3.09. The lowest BCUT2D eigenvalue weighted by molar-refractivity contribution is -0.120. The van der Waals surface area contributed by atoms with Crippen molar-refractivity contribution in [3.05, 3.63) is 47.8 Å². The number of benzene rings is 1. The van der Waals surface area contributed by atoms with Gasteiger partial charge < -0.3 is 15.0 Å². The van der Waals surface area contributed by atoms with Gasteiger partial charge in [-0.25, -0.2) is 9.97 Å². The number of aromatic nitrogens is 2. The van der Waals surface area contributed by atoms with Gasteiger partial charge >= 0.3 is 0 Å². The van der Waals surface area contributed by atoms with E-state index >= 15 is 0 Å². The molecule has 0 fully saturated rings. The van der Waals surface area contributed by atoms with E-state index in [9.17, 15) is 4.79 Å². The van der Waals surface area contributed by atoms with Gasteiger partial charge in [0.2, 0.25) is 11.9 Å². The second-order valence-electron chi connectivity index (χ2n) is 5.04. The van der Waals surface area contributed by atoms with Crippen LogP contribution in [-0.4, -0.2) is 37.1 Å². The van der Waals surface area contributed by atoms with E-state index in [1.807, 2.05) is 43.3 Å². The van der Waals surface area contributed by atoms with Gasteiger partial charge in [-0.3, -0.25) is 4.79 Å². The Balaban J connectivity index is 1.88. The Kier molecular flexibility index (Phi) is 5.30. The summed E-state index contributed by atoms with van der Waals surface area (Å²) in [6.07, 6.45) is 2.02. The Morgan fingerprint density at radius 2 is 1.95 bits per heavy atom. The second-order valence-corrected chi connectivity index (χ2v) is 5.04. The number of carbonyl (C=O) groups is 1. The zero-order chi connectivity index (χ0) is 15.9. The van der Waals surface area contributed by atoms with Crippen molar-refractivity contribution in [2.75, 3.05) is 26.1 Å². The van der Waals surface area contributed by atoms with Crippen LogP contribution >= 0.6 is 0 Å². The highest BCUT2D eigenvalue weighted by molar-refractivity contribution is 5.78. The van der Waals surface area contributed by atoms with Gasteiger partial charge in [0, 0.05) is 20.3 Å². The highest BCUT2D eigenvalue weighted by Crippen LogP contribution is 2.11. The maximum absolute atomic E-state index is 12.0. The van der Waals surface area contributed by atoms with E-state index in [0.29, 0.717) is 18.9 Å². The van der Waals surface area contributed by atoms with Crippen LogP contribution in [-0.2, 0) is 17.8 Å². The first kappa shape index (κ1) is 15.8. The summed E-state index contributed by atoms with van der Waals surface area (Å²) in [6, 6.07) is 9.24. The van der Waals surface area contributed by atoms with Gasteiger partial charge in [0.25, 0.3) is 0 Å². The molecule has 1 aromatic heterocycles. The topological polar surface area (TPSA) is 67.3 Å². The van der Waals surface area contributed by atoms with E-state index in [-0.39, 0.29) is 5.91 Å². The molecule has 0 spiro atoms. The molecule has 2 rings (SSSR count). The number of rotatable bonds is 6. The van der Waals surface area contributed by atoms with Gasteiger partial charge in [-0.1, -0.05) is 12.1 Å². The summed E-state index contributed by atoms with van der Waals surface area (Å²) < 4.78 is 5.09. The Hall–Kier alpha value is -2.63. The molecule has 0 unspecified atom stereocenters. The van der Waals surface area contributed by atoms with Crippen molar-refractivity contribution in [1.82, 2.24) is 15.3 Å². The van der Waals surface area contributed by atoms with Gasteiger partial charge in [0.1, 0.15) is 5.75 Å². The highest BCUT2D eigenvalue weighted by atomic mass is 16.5. The highest BCUT2D eigenvalue weighted by Gasteiger charge is 2.06. The number of hydrogen-bond acceptors (Lipinski definition) is 5. The standard InChI is InChI=1S/C16H20N4O2/c1-20(2)16-17-9-8-13(19-16)11-18-15(21)10-12-4-6-14(22-3)7-5-12/h4-9H,10-11H2,1-3H3,(H,18,21). The molecule has 2 aromatic rings. The zero-order valence-electron chi connectivity index (χ0n) is 13.0. The fourth-order valence-corrected chi connectivity index (χ4v) is 1.88. The maximum Gasteiger partial charge on any atom is 0.225 e. The van der Waals surface area contributed by atoms with Crippen LogP contribution in [0.5, 0.6) is 5.75 Å². The van der Waals surface area contributed by atoms with Crippen molar-refractivity contribution in [3.8, 4) is 5.75 Å². The fraction of sp³-hybridized carbons (Fsp3) is 0.312. The molecular formula is C16H20N4O2. The van der Waals surface area contributed by atoms with Crippen LogP contribution in [0.1, 0.15) is 11.3 Å². The van der Waals surface area contributed by atoms with Gasteiger partial charge in [0.15, 0.2) is 0 Å². The monoisotopic (exact) mass is 300 g/mol. The average Bonchev–Trinajstić information content (AvgIpc) is 2.54. The van der Waals surface area contributed by atoms with Crippen molar-refractivity contribution in [3.63, 3.8) is 0 Å². The molecule has 0 aliphatic rings. The number of ether oxygens (including phenoxy) is 1. The van der Waals surface area contributed by atoms with Crippen LogP contribution in [0.4, 0.5) is 5.95 Å². The minimum atomic E-state index is -0.0461. The number of methoxy groups -OCH3 is 1.